The van der Waals surface area contributed by atoms with Gasteiger partial charge in [-0.15, -0.1) is 0 Å². The number of aromatic hydroxyl groups is 1. The molecule has 1 aliphatic rings. The molecule has 0 unspecified atom stereocenters. The number of rotatable bonds is 4. The highest BCUT2D eigenvalue weighted by atomic mass is 35.5. The molecule has 1 heterocycles. The average molecular weight is 318 g/mol. The van der Waals surface area contributed by atoms with E-state index in [0.29, 0.717) is 11.5 Å². The van der Waals surface area contributed by atoms with Crippen LogP contribution in [-0.2, 0) is 19.4 Å². The summed E-state index contributed by atoms with van der Waals surface area (Å²) >= 11 is 5.91. The summed E-state index contributed by atoms with van der Waals surface area (Å²) < 4.78 is 5.18. The van der Waals surface area contributed by atoms with Gasteiger partial charge in [0.25, 0.3) is 0 Å². The van der Waals surface area contributed by atoms with Crippen molar-refractivity contribution in [3.05, 3.63) is 58.1 Å². The highest BCUT2D eigenvalue weighted by molar-refractivity contribution is 6.30. The summed E-state index contributed by atoms with van der Waals surface area (Å²) in [6, 6.07) is 11.9. The SMILES string of the molecule is COc1ccc2c(c1O)CCN(CCc1ccc(Cl)cc1)C2. The Balaban J connectivity index is 1.64. The molecule has 0 atom stereocenters. The third kappa shape index (κ3) is 3.21. The number of halogens is 1. The van der Waals surface area contributed by atoms with Gasteiger partial charge < -0.3 is 9.84 Å². The summed E-state index contributed by atoms with van der Waals surface area (Å²) in [6.07, 6.45) is 1.87. The average Bonchev–Trinajstić information content (AvgIpc) is 2.55. The normalized spacial score (nSPS) is 14.6. The second-order valence-corrected chi connectivity index (χ2v) is 6.09. The fourth-order valence-electron chi connectivity index (χ4n) is 2.97. The second kappa shape index (κ2) is 6.59. The van der Waals surface area contributed by atoms with E-state index in [1.165, 1.54) is 11.1 Å². The van der Waals surface area contributed by atoms with Crippen LogP contribution < -0.4 is 4.74 Å². The maximum Gasteiger partial charge on any atom is 0.161 e. The lowest BCUT2D eigenvalue weighted by Crippen LogP contribution is -2.32. The first kappa shape index (κ1) is 15.2. The van der Waals surface area contributed by atoms with Crippen molar-refractivity contribution in [2.45, 2.75) is 19.4 Å². The number of methoxy groups -OCH3 is 1. The van der Waals surface area contributed by atoms with Crippen molar-refractivity contribution < 1.29 is 9.84 Å². The second-order valence-electron chi connectivity index (χ2n) is 5.66. The number of phenols is 1. The number of nitrogens with zero attached hydrogens (tertiary/aromatic N) is 1. The summed E-state index contributed by atoms with van der Waals surface area (Å²) in [5.41, 5.74) is 3.52. The topological polar surface area (TPSA) is 32.7 Å². The van der Waals surface area contributed by atoms with Crippen LogP contribution in [0.15, 0.2) is 36.4 Å². The van der Waals surface area contributed by atoms with Crippen LogP contribution >= 0.6 is 11.6 Å². The molecule has 4 heteroatoms. The zero-order valence-electron chi connectivity index (χ0n) is 12.7. The zero-order chi connectivity index (χ0) is 15.5. The van der Waals surface area contributed by atoms with Gasteiger partial charge in [0.1, 0.15) is 0 Å². The maximum atomic E-state index is 10.2. The van der Waals surface area contributed by atoms with E-state index in [4.69, 9.17) is 16.3 Å². The Morgan fingerprint density at radius 3 is 2.68 bits per heavy atom. The zero-order valence-corrected chi connectivity index (χ0v) is 13.4. The fraction of sp³-hybridized carbons (Fsp3) is 0.333. The number of hydrogen-bond acceptors (Lipinski definition) is 3. The van der Waals surface area contributed by atoms with E-state index in [-0.39, 0.29) is 0 Å². The molecule has 1 N–H and O–H groups in total. The molecule has 0 fully saturated rings. The van der Waals surface area contributed by atoms with E-state index < -0.39 is 0 Å². The minimum Gasteiger partial charge on any atom is -0.504 e. The molecule has 2 aromatic rings. The molecule has 0 aromatic heterocycles. The van der Waals surface area contributed by atoms with Gasteiger partial charge in [-0.3, -0.25) is 4.90 Å². The summed E-state index contributed by atoms with van der Waals surface area (Å²) in [6.45, 7) is 2.84. The van der Waals surface area contributed by atoms with Crippen LogP contribution in [0, 0.1) is 0 Å². The lowest BCUT2D eigenvalue weighted by atomic mass is 9.97. The van der Waals surface area contributed by atoms with Gasteiger partial charge in [0.15, 0.2) is 11.5 Å². The molecular formula is C18H20ClNO2. The predicted molar refractivity (Wildman–Crippen MR) is 88.8 cm³/mol. The largest absolute Gasteiger partial charge is 0.504 e. The van der Waals surface area contributed by atoms with Crippen LogP contribution in [0.25, 0.3) is 0 Å². The molecule has 0 radical (unpaired) electrons. The smallest absolute Gasteiger partial charge is 0.161 e. The van der Waals surface area contributed by atoms with Crippen molar-refractivity contribution in [2.75, 3.05) is 20.2 Å². The first-order chi connectivity index (χ1) is 10.7. The summed E-state index contributed by atoms with van der Waals surface area (Å²) in [7, 11) is 1.59. The number of phenolic OH excluding ortho intramolecular Hbond substituents is 1. The van der Waals surface area contributed by atoms with Gasteiger partial charge in [0.2, 0.25) is 0 Å². The molecule has 22 heavy (non-hydrogen) atoms. The Hall–Kier alpha value is -1.71. The minimum absolute atomic E-state index is 0.303. The molecule has 3 nitrogen and oxygen atoms in total. The van der Waals surface area contributed by atoms with Crippen LogP contribution in [0.2, 0.25) is 5.02 Å². The lowest BCUT2D eigenvalue weighted by Gasteiger charge is -2.29. The summed E-state index contributed by atoms with van der Waals surface area (Å²) in [4.78, 5) is 2.42. The molecule has 0 saturated heterocycles. The number of ether oxygens (including phenoxy) is 1. The Morgan fingerprint density at radius 2 is 1.95 bits per heavy atom. The molecule has 1 aliphatic heterocycles. The van der Waals surface area contributed by atoms with E-state index >= 15 is 0 Å². The van der Waals surface area contributed by atoms with Crippen molar-refractivity contribution in [3.63, 3.8) is 0 Å². The summed E-state index contributed by atoms with van der Waals surface area (Å²) in [5, 5.41) is 11.0. The molecule has 0 spiro atoms. The van der Waals surface area contributed by atoms with Crippen molar-refractivity contribution in [2.24, 2.45) is 0 Å². The Morgan fingerprint density at radius 1 is 1.18 bits per heavy atom. The van der Waals surface area contributed by atoms with E-state index in [9.17, 15) is 5.11 Å². The molecule has 0 saturated carbocycles. The minimum atomic E-state index is 0.303. The molecule has 0 amide bonds. The van der Waals surface area contributed by atoms with Crippen LogP contribution in [0.4, 0.5) is 0 Å². The molecule has 2 aromatic carbocycles. The van der Waals surface area contributed by atoms with Gasteiger partial charge in [-0.1, -0.05) is 29.8 Å². The van der Waals surface area contributed by atoms with Gasteiger partial charge in [-0.25, -0.2) is 0 Å². The number of fused-ring (bicyclic) bond motifs is 1. The quantitative estimate of drug-likeness (QED) is 0.934. The van der Waals surface area contributed by atoms with E-state index in [1.807, 2.05) is 18.2 Å². The Kier molecular flexibility index (Phi) is 4.55. The molecular weight excluding hydrogens is 298 g/mol. The Bertz CT molecular complexity index is 655. The third-order valence-electron chi connectivity index (χ3n) is 4.26. The Labute approximate surface area is 136 Å². The van der Waals surface area contributed by atoms with Gasteiger partial charge in [0.05, 0.1) is 7.11 Å². The van der Waals surface area contributed by atoms with E-state index in [1.54, 1.807) is 7.11 Å². The van der Waals surface area contributed by atoms with Crippen molar-refractivity contribution in [1.82, 2.24) is 4.90 Å². The van der Waals surface area contributed by atoms with Gasteiger partial charge >= 0.3 is 0 Å². The molecule has 116 valence electrons. The van der Waals surface area contributed by atoms with Gasteiger partial charge in [-0.05, 0) is 42.2 Å². The predicted octanol–water partition coefficient (Wildman–Crippen LogP) is 3.66. The number of benzene rings is 2. The van der Waals surface area contributed by atoms with Crippen LogP contribution in [0.5, 0.6) is 11.5 Å². The fourth-order valence-corrected chi connectivity index (χ4v) is 3.09. The number of hydrogen-bond donors (Lipinski definition) is 1. The molecule has 0 aliphatic carbocycles. The van der Waals surface area contributed by atoms with Crippen molar-refractivity contribution >= 4 is 11.6 Å². The highest BCUT2D eigenvalue weighted by Gasteiger charge is 2.20. The lowest BCUT2D eigenvalue weighted by molar-refractivity contribution is 0.253. The highest BCUT2D eigenvalue weighted by Crippen LogP contribution is 2.35. The maximum absolute atomic E-state index is 10.2. The molecule has 0 bridgehead atoms. The standard InChI is InChI=1S/C18H20ClNO2/c1-22-17-7-4-14-12-20(11-9-16(14)18(17)21)10-8-13-2-5-15(19)6-3-13/h2-7,21H,8-12H2,1H3. The first-order valence-corrected chi connectivity index (χ1v) is 7.89. The monoisotopic (exact) mass is 317 g/mol. The van der Waals surface area contributed by atoms with E-state index in [0.717, 1.165) is 43.1 Å². The third-order valence-corrected chi connectivity index (χ3v) is 4.52. The molecule has 3 rings (SSSR count). The van der Waals surface area contributed by atoms with Crippen LogP contribution in [-0.4, -0.2) is 30.2 Å². The van der Waals surface area contributed by atoms with Crippen LogP contribution in [0.3, 0.4) is 0 Å². The van der Waals surface area contributed by atoms with E-state index in [2.05, 4.69) is 23.1 Å². The van der Waals surface area contributed by atoms with Gasteiger partial charge in [0, 0.05) is 30.2 Å². The van der Waals surface area contributed by atoms with Crippen molar-refractivity contribution in [1.29, 1.82) is 0 Å². The first-order valence-electron chi connectivity index (χ1n) is 7.52. The van der Waals surface area contributed by atoms with Gasteiger partial charge in [-0.2, -0.15) is 0 Å². The summed E-state index contributed by atoms with van der Waals surface area (Å²) in [5.74, 6) is 0.866. The van der Waals surface area contributed by atoms with Crippen LogP contribution in [0.1, 0.15) is 16.7 Å². The van der Waals surface area contributed by atoms with Crippen molar-refractivity contribution in [3.8, 4) is 11.5 Å².